The topological polar surface area (TPSA) is 64.3 Å². The minimum absolute atomic E-state index is 0.236. The maximum atomic E-state index is 10.4. The lowest BCUT2D eigenvalue weighted by atomic mass is 10.3. The van der Waals surface area contributed by atoms with E-state index in [4.69, 9.17) is 9.84 Å². The van der Waals surface area contributed by atoms with Gasteiger partial charge in [-0.2, -0.15) is 0 Å². The molecule has 0 fully saturated rings. The fourth-order valence-electron chi connectivity index (χ4n) is 1.96. The van der Waals surface area contributed by atoms with E-state index in [2.05, 4.69) is 9.55 Å². The summed E-state index contributed by atoms with van der Waals surface area (Å²) in [6, 6.07) is 5.84. The van der Waals surface area contributed by atoms with Crippen molar-refractivity contribution >= 4 is 28.8 Å². The van der Waals surface area contributed by atoms with E-state index < -0.39 is 5.97 Å². The van der Waals surface area contributed by atoms with Crippen molar-refractivity contribution in [2.75, 3.05) is 12.9 Å². The molecule has 0 aliphatic rings. The summed E-state index contributed by atoms with van der Waals surface area (Å²) in [4.78, 5) is 15.0. The first-order valence-electron chi connectivity index (χ1n) is 6.47. The highest BCUT2D eigenvalue weighted by atomic mass is 32.2. The molecule has 0 saturated carbocycles. The van der Waals surface area contributed by atoms with E-state index in [9.17, 15) is 4.79 Å². The lowest BCUT2D eigenvalue weighted by Crippen LogP contribution is -1.95. The van der Waals surface area contributed by atoms with Crippen LogP contribution in [0.3, 0.4) is 0 Å². The van der Waals surface area contributed by atoms with Crippen LogP contribution in [0.15, 0.2) is 23.4 Å². The summed E-state index contributed by atoms with van der Waals surface area (Å²) in [7, 11) is 3.63. The van der Waals surface area contributed by atoms with Crippen molar-refractivity contribution in [1.82, 2.24) is 9.55 Å². The van der Waals surface area contributed by atoms with Gasteiger partial charge in [0.15, 0.2) is 5.16 Å². The number of carbonyl (C=O) groups is 1. The molecule has 2 rings (SSSR count). The minimum atomic E-state index is -0.732. The highest BCUT2D eigenvalue weighted by Gasteiger charge is 2.09. The number of thioether (sulfide) groups is 1. The molecular weight excluding hydrogens is 276 g/mol. The third-order valence-electron chi connectivity index (χ3n) is 3.06. The number of carboxylic acid groups (broad SMARTS) is 1. The summed E-state index contributed by atoms with van der Waals surface area (Å²) in [6.07, 6.45) is 1.82. The third kappa shape index (κ3) is 3.45. The van der Waals surface area contributed by atoms with Gasteiger partial charge in [0.2, 0.25) is 0 Å². The molecule has 6 heteroatoms. The predicted molar refractivity (Wildman–Crippen MR) is 79.5 cm³/mol. The molecule has 0 atom stereocenters. The van der Waals surface area contributed by atoms with Crippen LogP contribution in [0.2, 0.25) is 0 Å². The molecule has 1 N–H and O–H groups in total. The van der Waals surface area contributed by atoms with Crippen LogP contribution in [-0.2, 0) is 11.8 Å². The van der Waals surface area contributed by atoms with Crippen LogP contribution in [0, 0.1) is 0 Å². The van der Waals surface area contributed by atoms with Gasteiger partial charge < -0.3 is 14.4 Å². The average Bonchev–Trinajstić information content (AvgIpc) is 2.74. The SMILES string of the molecule is COc1ccc2c(c1)nc(SCCCCC(=O)O)n2C. The van der Waals surface area contributed by atoms with Gasteiger partial charge >= 0.3 is 5.97 Å². The molecule has 0 aliphatic carbocycles. The molecule has 20 heavy (non-hydrogen) atoms. The summed E-state index contributed by atoms with van der Waals surface area (Å²) in [6.45, 7) is 0. The molecule has 0 bridgehead atoms. The first kappa shape index (κ1) is 14.7. The van der Waals surface area contributed by atoms with Crippen molar-refractivity contribution in [3.8, 4) is 5.75 Å². The molecular formula is C14H18N2O3S. The molecule has 0 aliphatic heterocycles. The molecule has 1 aromatic carbocycles. The van der Waals surface area contributed by atoms with Crippen LogP contribution < -0.4 is 4.74 Å². The molecule has 1 heterocycles. The van der Waals surface area contributed by atoms with Gasteiger partial charge in [-0.3, -0.25) is 4.79 Å². The van der Waals surface area contributed by atoms with E-state index in [1.807, 2.05) is 25.2 Å². The molecule has 5 nitrogen and oxygen atoms in total. The Bertz CT molecular complexity index is 610. The highest BCUT2D eigenvalue weighted by Crippen LogP contribution is 2.26. The van der Waals surface area contributed by atoms with Gasteiger partial charge in [-0.15, -0.1) is 0 Å². The van der Waals surface area contributed by atoms with Gasteiger partial charge in [0, 0.05) is 25.3 Å². The number of hydrogen-bond acceptors (Lipinski definition) is 4. The summed E-state index contributed by atoms with van der Waals surface area (Å²) in [5, 5.41) is 9.53. The van der Waals surface area contributed by atoms with Crippen LogP contribution in [-0.4, -0.2) is 33.5 Å². The monoisotopic (exact) mass is 294 g/mol. The van der Waals surface area contributed by atoms with Gasteiger partial charge in [-0.25, -0.2) is 4.98 Å². The Balaban J connectivity index is 1.99. The lowest BCUT2D eigenvalue weighted by molar-refractivity contribution is -0.137. The number of aryl methyl sites for hydroxylation is 1. The molecule has 0 radical (unpaired) electrons. The zero-order chi connectivity index (χ0) is 14.5. The van der Waals surface area contributed by atoms with Crippen LogP contribution >= 0.6 is 11.8 Å². The van der Waals surface area contributed by atoms with Gasteiger partial charge in [0.25, 0.3) is 0 Å². The zero-order valence-corrected chi connectivity index (χ0v) is 12.4. The number of rotatable bonds is 7. The molecule has 0 unspecified atom stereocenters. The number of carboxylic acids is 1. The molecule has 0 spiro atoms. The summed E-state index contributed by atoms with van der Waals surface area (Å²) in [5.74, 6) is 0.945. The number of benzene rings is 1. The largest absolute Gasteiger partial charge is 0.497 e. The Morgan fingerprint density at radius 2 is 2.25 bits per heavy atom. The lowest BCUT2D eigenvalue weighted by Gasteiger charge is -2.02. The van der Waals surface area contributed by atoms with Gasteiger partial charge in [-0.05, 0) is 25.0 Å². The second-order valence-corrected chi connectivity index (χ2v) is 5.57. The first-order chi connectivity index (χ1) is 9.61. The van der Waals surface area contributed by atoms with Crippen LogP contribution in [0.5, 0.6) is 5.75 Å². The fraction of sp³-hybridized carbons (Fsp3) is 0.429. The third-order valence-corrected chi connectivity index (χ3v) is 4.18. The Kier molecular flexibility index (Phi) is 4.89. The molecule has 1 aromatic heterocycles. The first-order valence-corrected chi connectivity index (χ1v) is 7.45. The van der Waals surface area contributed by atoms with Crippen LogP contribution in [0.4, 0.5) is 0 Å². The number of ether oxygens (including phenoxy) is 1. The predicted octanol–water partition coefficient (Wildman–Crippen LogP) is 2.93. The number of aliphatic carboxylic acids is 1. The zero-order valence-electron chi connectivity index (χ0n) is 11.6. The quantitative estimate of drug-likeness (QED) is 0.628. The van der Waals surface area contributed by atoms with Crippen molar-refractivity contribution in [3.63, 3.8) is 0 Å². The summed E-state index contributed by atoms with van der Waals surface area (Å²) in [5.41, 5.74) is 1.98. The maximum Gasteiger partial charge on any atom is 0.303 e. The number of methoxy groups -OCH3 is 1. The van der Waals surface area contributed by atoms with E-state index in [-0.39, 0.29) is 6.42 Å². The van der Waals surface area contributed by atoms with Gasteiger partial charge in [-0.1, -0.05) is 11.8 Å². The van der Waals surface area contributed by atoms with Gasteiger partial charge in [0.05, 0.1) is 18.1 Å². The van der Waals surface area contributed by atoms with E-state index in [0.717, 1.165) is 34.1 Å². The van der Waals surface area contributed by atoms with Crippen molar-refractivity contribution in [3.05, 3.63) is 18.2 Å². The van der Waals surface area contributed by atoms with E-state index in [1.165, 1.54) is 0 Å². The smallest absolute Gasteiger partial charge is 0.303 e. The fourth-order valence-corrected chi connectivity index (χ4v) is 2.94. The van der Waals surface area contributed by atoms with Gasteiger partial charge in [0.1, 0.15) is 5.75 Å². The summed E-state index contributed by atoms with van der Waals surface area (Å²) >= 11 is 1.66. The Labute approximate surface area is 121 Å². The number of imidazole rings is 1. The standard InChI is InChI=1S/C14H18N2O3S/c1-16-12-7-6-10(19-2)9-11(12)15-14(16)20-8-4-3-5-13(17)18/h6-7,9H,3-5,8H2,1-2H3,(H,17,18). The highest BCUT2D eigenvalue weighted by molar-refractivity contribution is 7.99. The average molecular weight is 294 g/mol. The number of fused-ring (bicyclic) bond motifs is 1. The number of nitrogens with zero attached hydrogens (tertiary/aromatic N) is 2. The minimum Gasteiger partial charge on any atom is -0.497 e. The maximum absolute atomic E-state index is 10.4. The molecule has 2 aromatic rings. The van der Waals surface area contributed by atoms with E-state index in [1.54, 1.807) is 18.9 Å². The molecule has 0 amide bonds. The number of unbranched alkanes of at least 4 members (excludes halogenated alkanes) is 1. The summed E-state index contributed by atoms with van der Waals surface area (Å²) < 4.78 is 7.25. The van der Waals surface area contributed by atoms with Crippen molar-refractivity contribution in [2.24, 2.45) is 7.05 Å². The van der Waals surface area contributed by atoms with Crippen LogP contribution in [0.25, 0.3) is 11.0 Å². The van der Waals surface area contributed by atoms with E-state index >= 15 is 0 Å². The van der Waals surface area contributed by atoms with Crippen molar-refractivity contribution in [2.45, 2.75) is 24.4 Å². The number of aromatic nitrogens is 2. The molecule has 0 saturated heterocycles. The Morgan fingerprint density at radius 3 is 2.95 bits per heavy atom. The van der Waals surface area contributed by atoms with Crippen molar-refractivity contribution in [1.29, 1.82) is 0 Å². The Hall–Kier alpha value is -1.69. The second kappa shape index (κ2) is 6.65. The number of hydrogen-bond donors (Lipinski definition) is 1. The van der Waals surface area contributed by atoms with E-state index in [0.29, 0.717) is 6.42 Å². The normalized spacial score (nSPS) is 10.9. The Morgan fingerprint density at radius 1 is 1.45 bits per heavy atom. The molecule has 108 valence electrons. The second-order valence-electron chi connectivity index (χ2n) is 4.51. The van der Waals surface area contributed by atoms with Crippen LogP contribution in [0.1, 0.15) is 19.3 Å². The van der Waals surface area contributed by atoms with Crippen molar-refractivity contribution < 1.29 is 14.6 Å².